The first kappa shape index (κ1) is 26.9. The van der Waals surface area contributed by atoms with Crippen LogP contribution in [0.15, 0.2) is 60.9 Å². The van der Waals surface area contributed by atoms with Crippen LogP contribution in [0.5, 0.6) is 0 Å². The van der Waals surface area contributed by atoms with Gasteiger partial charge in [0.2, 0.25) is 0 Å². The maximum Gasteiger partial charge on any atom is 0.426 e. The molecule has 1 aliphatic rings. The van der Waals surface area contributed by atoms with Crippen molar-refractivity contribution >= 4 is 17.7 Å². The van der Waals surface area contributed by atoms with E-state index in [1.54, 1.807) is 38.6 Å². The van der Waals surface area contributed by atoms with Crippen LogP contribution < -0.4 is 10.9 Å². The van der Waals surface area contributed by atoms with Crippen molar-refractivity contribution < 1.29 is 19.1 Å². The van der Waals surface area contributed by atoms with Crippen molar-refractivity contribution in [2.75, 3.05) is 12.0 Å². The van der Waals surface area contributed by atoms with Crippen LogP contribution in [0, 0.1) is 0 Å². The smallest absolute Gasteiger partial charge is 0.426 e. The third-order valence-electron chi connectivity index (χ3n) is 6.44. The van der Waals surface area contributed by atoms with Gasteiger partial charge in [0.25, 0.3) is 0 Å². The summed E-state index contributed by atoms with van der Waals surface area (Å²) < 4.78 is 14.1. The fraction of sp³-hybridized carbons (Fsp3) is 0.345. The lowest BCUT2D eigenvalue weighted by Crippen LogP contribution is -2.35. The van der Waals surface area contributed by atoms with Crippen molar-refractivity contribution in [1.29, 1.82) is 0 Å². The van der Waals surface area contributed by atoms with Crippen molar-refractivity contribution in [3.05, 3.63) is 77.9 Å². The first-order chi connectivity index (χ1) is 19.1. The van der Waals surface area contributed by atoms with Gasteiger partial charge in [-0.25, -0.2) is 19.7 Å². The van der Waals surface area contributed by atoms with Gasteiger partial charge in [0.15, 0.2) is 0 Å². The van der Waals surface area contributed by atoms with E-state index in [0.717, 1.165) is 34.6 Å². The Labute approximate surface area is 232 Å². The molecule has 4 aromatic rings. The second-order valence-corrected chi connectivity index (χ2v) is 10.7. The largest absolute Gasteiger partial charge is 0.462 e. The molecule has 0 saturated heterocycles. The van der Waals surface area contributed by atoms with Crippen LogP contribution in [-0.4, -0.2) is 49.0 Å². The number of aromatic nitrogens is 5. The average Bonchev–Trinajstić information content (AvgIpc) is 3.36. The van der Waals surface area contributed by atoms with Crippen molar-refractivity contribution in [2.45, 2.75) is 51.6 Å². The van der Waals surface area contributed by atoms with Crippen LogP contribution in [0.2, 0.25) is 0 Å². The van der Waals surface area contributed by atoms with E-state index in [2.05, 4.69) is 26.3 Å². The van der Waals surface area contributed by atoms with Gasteiger partial charge in [-0.15, -0.1) is 5.10 Å². The van der Waals surface area contributed by atoms with Crippen LogP contribution in [0.3, 0.4) is 0 Å². The molecule has 2 heterocycles. The Bertz CT molecular complexity index is 1540. The van der Waals surface area contributed by atoms with E-state index in [1.807, 2.05) is 66.5 Å². The van der Waals surface area contributed by atoms with E-state index in [-0.39, 0.29) is 24.4 Å². The van der Waals surface area contributed by atoms with Crippen molar-refractivity contribution in [3.63, 3.8) is 0 Å². The lowest BCUT2D eigenvalue weighted by atomic mass is 10.0. The van der Waals surface area contributed by atoms with E-state index >= 15 is 0 Å². The fourth-order valence-electron chi connectivity index (χ4n) is 4.67. The number of hydrogen-bond acceptors (Lipinski definition) is 8. The number of nitrogens with zero attached hydrogens (tertiary/aromatic N) is 5. The molecule has 40 heavy (non-hydrogen) atoms. The Hall–Kier alpha value is -4.67. The van der Waals surface area contributed by atoms with Crippen LogP contribution in [0.1, 0.15) is 67.7 Å². The lowest BCUT2D eigenvalue weighted by molar-refractivity contribution is 0.0519. The Morgan fingerprint density at radius 1 is 1.07 bits per heavy atom. The molecule has 1 amide bonds. The van der Waals surface area contributed by atoms with Gasteiger partial charge < -0.3 is 9.47 Å². The Kier molecular flexibility index (Phi) is 7.29. The van der Waals surface area contributed by atoms with Gasteiger partial charge in [0.1, 0.15) is 11.2 Å². The monoisotopic (exact) mass is 543 g/mol. The van der Waals surface area contributed by atoms with E-state index in [4.69, 9.17) is 9.47 Å². The highest BCUT2D eigenvalue weighted by atomic mass is 16.6. The molecule has 208 valence electrons. The molecule has 0 spiro atoms. The zero-order valence-corrected chi connectivity index (χ0v) is 23.2. The molecule has 0 unspecified atom stereocenters. The van der Waals surface area contributed by atoms with Gasteiger partial charge in [0, 0.05) is 25.1 Å². The zero-order valence-electron chi connectivity index (χ0n) is 23.2. The van der Waals surface area contributed by atoms with Gasteiger partial charge in [0.05, 0.1) is 35.6 Å². The molecule has 2 N–H and O–H groups in total. The summed E-state index contributed by atoms with van der Waals surface area (Å²) >= 11 is 0. The zero-order chi connectivity index (χ0) is 28.4. The number of hydrazine groups is 1. The number of rotatable bonds is 8. The summed E-state index contributed by atoms with van der Waals surface area (Å²) in [6, 6.07) is 15.6. The van der Waals surface area contributed by atoms with E-state index < -0.39 is 11.7 Å². The number of carbonyl (C=O) groups excluding carboxylic acids is 2. The van der Waals surface area contributed by atoms with Crippen LogP contribution >= 0.6 is 0 Å². The Morgan fingerprint density at radius 2 is 1.82 bits per heavy atom. The number of esters is 1. The van der Waals surface area contributed by atoms with Crippen molar-refractivity contribution in [1.82, 2.24) is 30.2 Å². The second kappa shape index (κ2) is 10.8. The molecule has 0 aliphatic heterocycles. The topological polar surface area (TPSA) is 125 Å². The summed E-state index contributed by atoms with van der Waals surface area (Å²) in [5.74, 6) is -0.171. The molecule has 0 radical (unpaired) electrons. The molecule has 11 nitrogen and oxygen atoms in total. The van der Waals surface area contributed by atoms with Crippen LogP contribution in [0.4, 0.5) is 10.5 Å². The normalized spacial score (nSPS) is 16.3. The molecular weight excluding hydrogens is 510 g/mol. The molecule has 2 aromatic heterocycles. The number of hydrogen-bond donors (Lipinski definition) is 2. The number of anilines is 1. The molecule has 1 fully saturated rings. The van der Waals surface area contributed by atoms with Crippen molar-refractivity contribution in [2.24, 2.45) is 7.05 Å². The van der Waals surface area contributed by atoms with Gasteiger partial charge in [-0.3, -0.25) is 10.1 Å². The first-order valence-corrected chi connectivity index (χ1v) is 13.2. The molecule has 5 rings (SSSR count). The van der Waals surface area contributed by atoms with E-state index in [0.29, 0.717) is 11.3 Å². The standard InChI is InChI=1S/C29H33N7O4/c1-6-39-27(37)24-16-30-36(26(24)23-15-22(23)25-17-35(5)34-32-25)21-12-8-10-19(14-21)18-9-7-11-20(13-18)31-33-28(38)40-29(2,3)4/h7-14,16-17,22-23,31H,6,15H2,1-5H3,(H,33,38)/t22-,23-/m0/s1. The minimum atomic E-state index is -0.596. The molecule has 2 atom stereocenters. The molecular formula is C29H33N7O4. The minimum absolute atomic E-state index is 0.0636. The number of benzene rings is 2. The van der Waals surface area contributed by atoms with Crippen LogP contribution in [-0.2, 0) is 16.5 Å². The summed E-state index contributed by atoms with van der Waals surface area (Å²) in [6.07, 6.45) is 3.77. The third-order valence-corrected chi connectivity index (χ3v) is 6.44. The van der Waals surface area contributed by atoms with Gasteiger partial charge in [-0.1, -0.05) is 29.5 Å². The Morgan fingerprint density at radius 3 is 2.52 bits per heavy atom. The SMILES string of the molecule is CCOC(=O)c1cnn(-c2cccc(-c3cccc(NNC(=O)OC(C)(C)C)c3)c2)c1[C@H]1C[C@@H]1c1cn(C)nn1. The summed E-state index contributed by atoms with van der Waals surface area (Å²) in [7, 11) is 1.84. The predicted octanol–water partition coefficient (Wildman–Crippen LogP) is 4.97. The maximum absolute atomic E-state index is 12.8. The van der Waals surface area contributed by atoms with Gasteiger partial charge >= 0.3 is 12.1 Å². The van der Waals surface area contributed by atoms with Crippen molar-refractivity contribution in [3.8, 4) is 16.8 Å². The van der Waals surface area contributed by atoms with Gasteiger partial charge in [-0.05, 0) is 69.5 Å². The summed E-state index contributed by atoms with van der Waals surface area (Å²) in [6.45, 7) is 7.49. The predicted molar refractivity (Wildman–Crippen MR) is 149 cm³/mol. The maximum atomic E-state index is 12.8. The number of carbonyl (C=O) groups is 2. The molecule has 2 aromatic carbocycles. The number of ether oxygens (including phenoxy) is 2. The van der Waals surface area contributed by atoms with E-state index in [9.17, 15) is 9.59 Å². The highest BCUT2D eigenvalue weighted by Gasteiger charge is 2.46. The fourth-order valence-corrected chi connectivity index (χ4v) is 4.67. The summed E-state index contributed by atoms with van der Waals surface area (Å²) in [4.78, 5) is 24.9. The van der Waals surface area contributed by atoms with Crippen LogP contribution in [0.25, 0.3) is 16.8 Å². The molecule has 1 aliphatic carbocycles. The molecule has 1 saturated carbocycles. The Balaban J connectivity index is 1.42. The highest BCUT2D eigenvalue weighted by molar-refractivity contribution is 5.91. The van der Waals surface area contributed by atoms with E-state index in [1.165, 1.54) is 0 Å². The highest BCUT2D eigenvalue weighted by Crippen LogP contribution is 2.55. The third kappa shape index (κ3) is 5.98. The summed E-state index contributed by atoms with van der Waals surface area (Å²) in [5, 5.41) is 13.0. The minimum Gasteiger partial charge on any atom is -0.462 e. The number of nitrogens with one attached hydrogen (secondary N) is 2. The first-order valence-electron chi connectivity index (χ1n) is 13.2. The molecule has 0 bridgehead atoms. The summed E-state index contributed by atoms with van der Waals surface area (Å²) in [5.41, 5.74) is 10.4. The molecule has 11 heteroatoms. The second-order valence-electron chi connectivity index (χ2n) is 10.7. The quantitative estimate of drug-likeness (QED) is 0.236. The average molecular weight is 544 g/mol. The number of aryl methyl sites for hydroxylation is 1. The lowest BCUT2D eigenvalue weighted by Gasteiger charge is -2.20. The number of amides is 1. The van der Waals surface area contributed by atoms with Gasteiger partial charge in [-0.2, -0.15) is 5.10 Å².